The molecular formula is C19H22N2O4S. The summed E-state index contributed by atoms with van der Waals surface area (Å²) in [6, 6.07) is 15.6. The minimum Gasteiger partial charge on any atom is -0.378 e. The number of amides is 1. The molecule has 1 aliphatic rings. The maximum atomic E-state index is 12.9. The molecule has 0 N–H and O–H groups in total. The summed E-state index contributed by atoms with van der Waals surface area (Å²) in [7, 11) is -2.15. The van der Waals surface area contributed by atoms with Crippen LogP contribution < -0.4 is 0 Å². The van der Waals surface area contributed by atoms with Crippen molar-refractivity contribution in [3.63, 3.8) is 0 Å². The van der Waals surface area contributed by atoms with Crippen molar-refractivity contribution in [3.8, 4) is 0 Å². The predicted octanol–water partition coefficient (Wildman–Crippen LogP) is 1.98. The second kappa shape index (κ2) is 7.99. The number of carbonyl (C=O) groups excluding carboxylic acids is 1. The summed E-state index contributed by atoms with van der Waals surface area (Å²) in [6.45, 7) is 2.31. The Morgan fingerprint density at radius 1 is 1.08 bits per heavy atom. The smallest absolute Gasteiger partial charge is 0.254 e. The highest BCUT2D eigenvalue weighted by atomic mass is 32.2. The summed E-state index contributed by atoms with van der Waals surface area (Å²) in [5, 5.41) is 0. The fourth-order valence-corrected chi connectivity index (χ4v) is 4.05. The molecule has 7 heteroatoms. The number of hydrogen-bond acceptors (Lipinski definition) is 4. The van der Waals surface area contributed by atoms with E-state index in [0.29, 0.717) is 31.9 Å². The zero-order valence-electron chi connectivity index (χ0n) is 14.7. The van der Waals surface area contributed by atoms with Crippen molar-refractivity contribution >= 4 is 15.9 Å². The third-order valence-corrected chi connectivity index (χ3v) is 6.13. The first kappa shape index (κ1) is 18.6. The minimum atomic E-state index is -3.69. The van der Waals surface area contributed by atoms with E-state index in [1.165, 1.54) is 16.4 Å². The fourth-order valence-electron chi connectivity index (χ4n) is 2.84. The molecule has 0 radical (unpaired) electrons. The molecule has 0 bridgehead atoms. The lowest BCUT2D eigenvalue weighted by Gasteiger charge is -2.27. The van der Waals surface area contributed by atoms with E-state index >= 15 is 0 Å². The van der Waals surface area contributed by atoms with Crippen LogP contribution in [-0.4, -0.2) is 56.9 Å². The molecule has 26 heavy (non-hydrogen) atoms. The fraction of sp³-hybridized carbons (Fsp3) is 0.316. The lowest BCUT2D eigenvalue weighted by molar-refractivity contribution is 0.0302. The Hall–Kier alpha value is -2.22. The lowest BCUT2D eigenvalue weighted by atomic mass is 10.2. The van der Waals surface area contributed by atoms with Crippen LogP contribution in [-0.2, 0) is 21.3 Å². The molecule has 2 aromatic rings. The molecule has 0 saturated carbocycles. The highest BCUT2D eigenvalue weighted by Gasteiger charge is 2.24. The number of morpholine rings is 1. The number of benzene rings is 2. The van der Waals surface area contributed by atoms with Crippen LogP contribution in [0, 0.1) is 0 Å². The average Bonchev–Trinajstić information content (AvgIpc) is 2.69. The topological polar surface area (TPSA) is 66.9 Å². The summed E-state index contributed by atoms with van der Waals surface area (Å²) >= 11 is 0. The van der Waals surface area contributed by atoms with Gasteiger partial charge in [0, 0.05) is 32.2 Å². The molecule has 6 nitrogen and oxygen atoms in total. The Bertz CT molecular complexity index is 862. The van der Waals surface area contributed by atoms with Gasteiger partial charge in [-0.2, -0.15) is 4.31 Å². The number of hydrogen-bond donors (Lipinski definition) is 0. The summed E-state index contributed by atoms with van der Waals surface area (Å²) < 4.78 is 32.3. The van der Waals surface area contributed by atoms with Gasteiger partial charge in [-0.25, -0.2) is 8.42 Å². The molecule has 0 spiro atoms. The van der Waals surface area contributed by atoms with Crippen LogP contribution in [0.3, 0.4) is 0 Å². The minimum absolute atomic E-state index is 0.120. The van der Waals surface area contributed by atoms with Gasteiger partial charge in [-0.3, -0.25) is 4.79 Å². The maximum Gasteiger partial charge on any atom is 0.254 e. The molecule has 1 fully saturated rings. The second-order valence-electron chi connectivity index (χ2n) is 6.18. The number of nitrogens with zero attached hydrogens (tertiary/aromatic N) is 2. The van der Waals surface area contributed by atoms with Crippen LogP contribution in [0.2, 0.25) is 0 Å². The quantitative estimate of drug-likeness (QED) is 0.803. The Balaban J connectivity index is 1.80. The van der Waals surface area contributed by atoms with Crippen molar-refractivity contribution < 1.29 is 17.9 Å². The molecule has 3 rings (SSSR count). The molecule has 1 saturated heterocycles. The molecule has 0 atom stereocenters. The number of sulfonamides is 1. The van der Waals surface area contributed by atoms with Crippen molar-refractivity contribution in [2.45, 2.75) is 11.4 Å². The molecule has 0 aliphatic carbocycles. The second-order valence-corrected chi connectivity index (χ2v) is 8.22. The molecule has 0 unspecified atom stereocenters. The molecular weight excluding hydrogens is 352 g/mol. The van der Waals surface area contributed by atoms with Crippen LogP contribution in [0.1, 0.15) is 15.9 Å². The Labute approximate surface area is 154 Å². The van der Waals surface area contributed by atoms with Gasteiger partial charge in [0.05, 0.1) is 18.1 Å². The molecule has 2 aromatic carbocycles. The summed E-state index contributed by atoms with van der Waals surface area (Å²) in [6.07, 6.45) is 0. The van der Waals surface area contributed by atoms with E-state index < -0.39 is 10.0 Å². The average molecular weight is 374 g/mol. The van der Waals surface area contributed by atoms with Crippen LogP contribution in [0.5, 0.6) is 0 Å². The third kappa shape index (κ3) is 4.12. The van der Waals surface area contributed by atoms with Gasteiger partial charge < -0.3 is 9.64 Å². The zero-order valence-corrected chi connectivity index (χ0v) is 15.5. The van der Waals surface area contributed by atoms with Gasteiger partial charge in [-0.05, 0) is 23.8 Å². The maximum absolute atomic E-state index is 12.9. The summed E-state index contributed by atoms with van der Waals surface area (Å²) in [4.78, 5) is 14.4. The first-order valence-corrected chi connectivity index (χ1v) is 9.90. The highest BCUT2D eigenvalue weighted by Crippen LogP contribution is 2.19. The lowest BCUT2D eigenvalue weighted by Crippen LogP contribution is -2.40. The van der Waals surface area contributed by atoms with E-state index in [2.05, 4.69) is 0 Å². The van der Waals surface area contributed by atoms with Gasteiger partial charge in [-0.1, -0.05) is 36.4 Å². The van der Waals surface area contributed by atoms with Crippen molar-refractivity contribution in [2.24, 2.45) is 0 Å². The van der Waals surface area contributed by atoms with E-state index in [1.807, 2.05) is 30.3 Å². The van der Waals surface area contributed by atoms with Crippen molar-refractivity contribution in [3.05, 3.63) is 65.7 Å². The van der Waals surface area contributed by atoms with Gasteiger partial charge in [0.1, 0.15) is 0 Å². The van der Waals surface area contributed by atoms with E-state index in [1.54, 1.807) is 24.1 Å². The first-order chi connectivity index (χ1) is 12.5. The number of ether oxygens (including phenoxy) is 1. The SMILES string of the molecule is CN(Cc1ccccc1)S(=O)(=O)c1cccc(C(=O)N2CCOCC2)c1. The van der Waals surface area contributed by atoms with E-state index in [-0.39, 0.29) is 17.3 Å². The van der Waals surface area contributed by atoms with Gasteiger partial charge in [0.25, 0.3) is 5.91 Å². The van der Waals surface area contributed by atoms with E-state index in [0.717, 1.165) is 5.56 Å². The summed E-state index contributed by atoms with van der Waals surface area (Å²) in [5.41, 5.74) is 1.28. The van der Waals surface area contributed by atoms with Gasteiger partial charge >= 0.3 is 0 Å². The standard InChI is InChI=1S/C19H22N2O4S/c1-20(15-16-6-3-2-4-7-16)26(23,24)18-9-5-8-17(14-18)19(22)21-10-12-25-13-11-21/h2-9,14H,10-13,15H2,1H3. The van der Waals surface area contributed by atoms with Crippen molar-refractivity contribution in [2.75, 3.05) is 33.4 Å². The Morgan fingerprint density at radius 3 is 2.46 bits per heavy atom. The Morgan fingerprint density at radius 2 is 1.77 bits per heavy atom. The molecule has 1 heterocycles. The van der Waals surface area contributed by atoms with Crippen molar-refractivity contribution in [1.82, 2.24) is 9.21 Å². The van der Waals surface area contributed by atoms with Gasteiger partial charge in [0.2, 0.25) is 10.0 Å². The Kier molecular flexibility index (Phi) is 5.70. The predicted molar refractivity (Wildman–Crippen MR) is 98.3 cm³/mol. The van der Waals surface area contributed by atoms with E-state index in [4.69, 9.17) is 4.74 Å². The van der Waals surface area contributed by atoms with Gasteiger partial charge in [0.15, 0.2) is 0 Å². The monoisotopic (exact) mass is 374 g/mol. The van der Waals surface area contributed by atoms with Crippen molar-refractivity contribution in [1.29, 1.82) is 0 Å². The number of carbonyl (C=O) groups is 1. The first-order valence-electron chi connectivity index (χ1n) is 8.46. The van der Waals surface area contributed by atoms with Crippen LogP contribution in [0.4, 0.5) is 0 Å². The normalized spacial score (nSPS) is 15.2. The van der Waals surface area contributed by atoms with Crippen LogP contribution in [0.25, 0.3) is 0 Å². The van der Waals surface area contributed by atoms with E-state index in [9.17, 15) is 13.2 Å². The summed E-state index contributed by atoms with van der Waals surface area (Å²) in [5.74, 6) is -0.170. The van der Waals surface area contributed by atoms with Crippen LogP contribution in [0.15, 0.2) is 59.5 Å². The molecule has 1 aliphatic heterocycles. The largest absolute Gasteiger partial charge is 0.378 e. The molecule has 0 aromatic heterocycles. The molecule has 1 amide bonds. The third-order valence-electron chi connectivity index (χ3n) is 4.34. The van der Waals surface area contributed by atoms with Gasteiger partial charge in [-0.15, -0.1) is 0 Å². The van der Waals surface area contributed by atoms with Crippen LogP contribution >= 0.6 is 0 Å². The molecule has 138 valence electrons. The highest BCUT2D eigenvalue weighted by molar-refractivity contribution is 7.89. The number of rotatable bonds is 5. The zero-order chi connectivity index (χ0) is 18.6.